The van der Waals surface area contributed by atoms with Crippen LogP contribution in [0, 0.1) is 0 Å². The molecule has 0 amide bonds. The Bertz CT molecular complexity index is 364. The Balaban J connectivity index is 1.66. The molecule has 1 aliphatic rings. The van der Waals surface area contributed by atoms with Crippen molar-refractivity contribution >= 4 is 11.8 Å². The molecular formula is C16H25NOS. The molecule has 106 valence electrons. The molecule has 1 saturated heterocycles. The fourth-order valence-corrected chi connectivity index (χ4v) is 3.34. The van der Waals surface area contributed by atoms with E-state index in [1.54, 1.807) is 0 Å². The molecule has 1 heterocycles. The van der Waals surface area contributed by atoms with E-state index in [0.29, 0.717) is 6.10 Å². The van der Waals surface area contributed by atoms with Gasteiger partial charge in [0.05, 0.1) is 6.10 Å². The Labute approximate surface area is 121 Å². The molecule has 3 heteroatoms. The third-order valence-electron chi connectivity index (χ3n) is 3.44. The first-order valence-electron chi connectivity index (χ1n) is 7.42. The zero-order chi connectivity index (χ0) is 13.3. The number of hydrogen-bond donors (Lipinski definition) is 1. The van der Waals surface area contributed by atoms with Crippen molar-refractivity contribution in [3.8, 4) is 0 Å². The molecule has 1 unspecified atom stereocenters. The Kier molecular flexibility index (Phi) is 6.75. The summed E-state index contributed by atoms with van der Waals surface area (Å²) in [5.74, 6) is 1.20. The predicted octanol–water partition coefficient (Wildman–Crippen LogP) is 3.85. The Morgan fingerprint density at radius 1 is 1.42 bits per heavy atom. The monoisotopic (exact) mass is 279 g/mol. The van der Waals surface area contributed by atoms with Gasteiger partial charge in [0, 0.05) is 18.0 Å². The minimum Gasteiger partial charge on any atom is -0.378 e. The highest BCUT2D eigenvalue weighted by Gasteiger charge is 2.14. The molecule has 1 aliphatic heterocycles. The minimum atomic E-state index is 0.542. The maximum Gasteiger partial charge on any atom is 0.0576 e. The van der Waals surface area contributed by atoms with Gasteiger partial charge in [-0.2, -0.15) is 0 Å². The third-order valence-corrected chi connectivity index (χ3v) is 4.52. The van der Waals surface area contributed by atoms with E-state index in [0.717, 1.165) is 19.7 Å². The standard InChI is InChI=1S/C16H25NOS/c1-2-17-13-14-6-3-9-16(12-14)19-11-5-8-15-7-4-10-18-15/h3,6,9,12,15,17H,2,4-5,7-8,10-11,13H2,1H3. The number of thioether (sulfide) groups is 1. The lowest BCUT2D eigenvalue weighted by Crippen LogP contribution is -2.11. The Hall–Kier alpha value is -0.510. The van der Waals surface area contributed by atoms with Crippen LogP contribution in [0.3, 0.4) is 0 Å². The maximum atomic E-state index is 5.65. The maximum absolute atomic E-state index is 5.65. The molecule has 2 rings (SSSR count). The van der Waals surface area contributed by atoms with Crippen molar-refractivity contribution < 1.29 is 4.74 Å². The van der Waals surface area contributed by atoms with Crippen molar-refractivity contribution in [3.63, 3.8) is 0 Å². The Morgan fingerprint density at radius 2 is 2.37 bits per heavy atom. The molecule has 19 heavy (non-hydrogen) atoms. The van der Waals surface area contributed by atoms with E-state index >= 15 is 0 Å². The van der Waals surface area contributed by atoms with Crippen molar-refractivity contribution in [2.24, 2.45) is 0 Å². The lowest BCUT2D eigenvalue weighted by atomic mass is 10.1. The normalized spacial score (nSPS) is 18.9. The van der Waals surface area contributed by atoms with Crippen LogP contribution in [0.2, 0.25) is 0 Å². The first kappa shape index (κ1) is 14.9. The molecule has 1 aromatic carbocycles. The number of benzene rings is 1. The summed E-state index contributed by atoms with van der Waals surface area (Å²) in [5, 5.41) is 3.37. The molecule has 1 fully saturated rings. The summed E-state index contributed by atoms with van der Waals surface area (Å²) in [4.78, 5) is 1.39. The number of nitrogens with one attached hydrogen (secondary N) is 1. The van der Waals surface area contributed by atoms with E-state index in [4.69, 9.17) is 4.74 Å². The summed E-state index contributed by atoms with van der Waals surface area (Å²) >= 11 is 1.97. The van der Waals surface area contributed by atoms with Crippen LogP contribution in [0.5, 0.6) is 0 Å². The molecule has 1 N–H and O–H groups in total. The van der Waals surface area contributed by atoms with Gasteiger partial charge in [-0.3, -0.25) is 0 Å². The van der Waals surface area contributed by atoms with Crippen molar-refractivity contribution in [2.75, 3.05) is 18.9 Å². The highest BCUT2D eigenvalue weighted by atomic mass is 32.2. The SMILES string of the molecule is CCNCc1cccc(SCCCC2CCCO2)c1. The highest BCUT2D eigenvalue weighted by Crippen LogP contribution is 2.23. The summed E-state index contributed by atoms with van der Waals surface area (Å²) in [6.45, 7) is 5.12. The van der Waals surface area contributed by atoms with Crippen LogP contribution in [-0.4, -0.2) is 25.0 Å². The fraction of sp³-hybridized carbons (Fsp3) is 0.625. The smallest absolute Gasteiger partial charge is 0.0576 e. The van der Waals surface area contributed by atoms with Gasteiger partial charge in [0.2, 0.25) is 0 Å². The molecule has 0 aromatic heterocycles. The van der Waals surface area contributed by atoms with E-state index in [1.807, 2.05) is 11.8 Å². The van der Waals surface area contributed by atoms with Gasteiger partial charge in [0.15, 0.2) is 0 Å². The molecule has 0 saturated carbocycles. The molecule has 1 atom stereocenters. The van der Waals surface area contributed by atoms with Gasteiger partial charge in [-0.15, -0.1) is 11.8 Å². The van der Waals surface area contributed by atoms with E-state index in [-0.39, 0.29) is 0 Å². The third kappa shape index (κ3) is 5.55. The summed E-state index contributed by atoms with van der Waals surface area (Å²) in [7, 11) is 0. The molecule has 2 nitrogen and oxygen atoms in total. The van der Waals surface area contributed by atoms with Crippen LogP contribution in [0.15, 0.2) is 29.2 Å². The molecule has 0 radical (unpaired) electrons. The zero-order valence-electron chi connectivity index (χ0n) is 11.9. The second kappa shape index (κ2) is 8.62. The average molecular weight is 279 g/mol. The van der Waals surface area contributed by atoms with Crippen molar-refractivity contribution in [1.29, 1.82) is 0 Å². The van der Waals surface area contributed by atoms with Crippen LogP contribution in [0.25, 0.3) is 0 Å². The Morgan fingerprint density at radius 3 is 3.16 bits per heavy atom. The van der Waals surface area contributed by atoms with Gasteiger partial charge in [0.25, 0.3) is 0 Å². The average Bonchev–Trinajstić information content (AvgIpc) is 2.95. The second-order valence-corrected chi connectivity index (χ2v) is 6.22. The van der Waals surface area contributed by atoms with Crippen LogP contribution in [0.4, 0.5) is 0 Å². The van der Waals surface area contributed by atoms with Crippen molar-refractivity contribution in [3.05, 3.63) is 29.8 Å². The van der Waals surface area contributed by atoms with Gasteiger partial charge in [-0.05, 0) is 55.7 Å². The van der Waals surface area contributed by atoms with Crippen molar-refractivity contribution in [2.45, 2.75) is 50.2 Å². The number of ether oxygens (including phenoxy) is 1. The van der Waals surface area contributed by atoms with Crippen molar-refractivity contribution in [1.82, 2.24) is 5.32 Å². The zero-order valence-corrected chi connectivity index (χ0v) is 12.7. The van der Waals surface area contributed by atoms with E-state index in [2.05, 4.69) is 36.5 Å². The largest absolute Gasteiger partial charge is 0.378 e. The summed E-state index contributed by atoms with van der Waals surface area (Å²) in [6.07, 6.45) is 5.55. The van der Waals surface area contributed by atoms with Crippen LogP contribution >= 0.6 is 11.8 Å². The second-order valence-electron chi connectivity index (χ2n) is 5.05. The molecule has 0 spiro atoms. The van der Waals surface area contributed by atoms with E-state index < -0.39 is 0 Å². The summed E-state index contributed by atoms with van der Waals surface area (Å²) in [5.41, 5.74) is 1.38. The predicted molar refractivity (Wildman–Crippen MR) is 82.8 cm³/mol. The summed E-state index contributed by atoms with van der Waals surface area (Å²) < 4.78 is 5.65. The van der Waals surface area contributed by atoms with Gasteiger partial charge < -0.3 is 10.1 Å². The van der Waals surface area contributed by atoms with Crippen LogP contribution in [-0.2, 0) is 11.3 Å². The van der Waals surface area contributed by atoms with Gasteiger partial charge >= 0.3 is 0 Å². The molecular weight excluding hydrogens is 254 g/mol. The number of rotatable bonds is 8. The van der Waals surface area contributed by atoms with Gasteiger partial charge in [0.1, 0.15) is 0 Å². The quantitative estimate of drug-likeness (QED) is 0.577. The van der Waals surface area contributed by atoms with Gasteiger partial charge in [-0.25, -0.2) is 0 Å². The van der Waals surface area contributed by atoms with Crippen LogP contribution in [0.1, 0.15) is 38.2 Å². The summed E-state index contributed by atoms with van der Waals surface area (Å²) in [6, 6.07) is 8.87. The first-order valence-corrected chi connectivity index (χ1v) is 8.41. The van der Waals surface area contributed by atoms with E-state index in [9.17, 15) is 0 Å². The lowest BCUT2D eigenvalue weighted by Gasteiger charge is -2.09. The molecule has 1 aromatic rings. The van der Waals surface area contributed by atoms with E-state index in [1.165, 1.54) is 41.9 Å². The topological polar surface area (TPSA) is 21.3 Å². The highest BCUT2D eigenvalue weighted by molar-refractivity contribution is 7.99. The van der Waals surface area contributed by atoms with Crippen LogP contribution < -0.4 is 5.32 Å². The van der Waals surface area contributed by atoms with Gasteiger partial charge in [-0.1, -0.05) is 19.1 Å². The number of hydrogen-bond acceptors (Lipinski definition) is 3. The first-order chi connectivity index (χ1) is 9.38. The molecule has 0 bridgehead atoms. The fourth-order valence-electron chi connectivity index (χ4n) is 2.39. The molecule has 0 aliphatic carbocycles. The lowest BCUT2D eigenvalue weighted by molar-refractivity contribution is 0.104. The minimum absolute atomic E-state index is 0.542.